The monoisotopic (exact) mass is 309 g/mol. The van der Waals surface area contributed by atoms with Crippen LogP contribution in [0, 0.1) is 5.92 Å². The van der Waals surface area contributed by atoms with Crippen LogP contribution in [0.5, 0.6) is 0 Å². The number of esters is 1. The fourth-order valence-electron chi connectivity index (χ4n) is 3.77. The molecule has 1 fully saturated rings. The standard InChI is InChI=1S/C19H19NO3/c1-22-19(21)15-9-5-8-13-17(15)20-16(12-6-3-2-4-7-12)14-10-11-23-18(13)14/h2-9,14,16,18,20H,10-11H2,1H3/t14-,16+,18+/m1/s1. The van der Waals surface area contributed by atoms with Gasteiger partial charge in [-0.1, -0.05) is 42.5 Å². The number of anilines is 1. The first-order valence-corrected chi connectivity index (χ1v) is 7.94. The predicted octanol–water partition coefficient (Wildman–Crippen LogP) is 3.72. The molecule has 4 nitrogen and oxygen atoms in total. The van der Waals surface area contributed by atoms with Gasteiger partial charge in [0.05, 0.1) is 30.5 Å². The Hall–Kier alpha value is -2.33. The number of nitrogens with one attached hydrogen (secondary N) is 1. The van der Waals surface area contributed by atoms with Crippen LogP contribution in [0.2, 0.25) is 0 Å². The summed E-state index contributed by atoms with van der Waals surface area (Å²) >= 11 is 0. The number of carbonyl (C=O) groups excluding carboxylic acids is 1. The van der Waals surface area contributed by atoms with Crippen LogP contribution in [-0.2, 0) is 9.47 Å². The maximum atomic E-state index is 12.1. The Kier molecular flexibility index (Phi) is 3.54. The molecule has 0 bridgehead atoms. The van der Waals surface area contributed by atoms with Gasteiger partial charge in [0.25, 0.3) is 0 Å². The summed E-state index contributed by atoms with van der Waals surface area (Å²) in [6.07, 6.45) is 1.04. The molecule has 0 saturated carbocycles. The molecule has 4 rings (SSSR count). The molecule has 1 saturated heterocycles. The van der Waals surface area contributed by atoms with Gasteiger partial charge in [0.1, 0.15) is 0 Å². The number of benzene rings is 2. The third-order valence-electron chi connectivity index (χ3n) is 4.83. The maximum Gasteiger partial charge on any atom is 0.339 e. The highest BCUT2D eigenvalue weighted by molar-refractivity contribution is 5.96. The van der Waals surface area contributed by atoms with E-state index in [1.54, 1.807) is 6.07 Å². The minimum Gasteiger partial charge on any atom is -0.465 e. The first-order valence-electron chi connectivity index (χ1n) is 7.94. The number of ether oxygens (including phenoxy) is 2. The number of rotatable bonds is 2. The molecule has 2 heterocycles. The normalized spacial score (nSPS) is 25.2. The number of fused-ring (bicyclic) bond motifs is 3. The van der Waals surface area contributed by atoms with Gasteiger partial charge < -0.3 is 14.8 Å². The van der Waals surface area contributed by atoms with Crippen LogP contribution in [0.3, 0.4) is 0 Å². The van der Waals surface area contributed by atoms with Crippen molar-refractivity contribution in [2.24, 2.45) is 5.92 Å². The summed E-state index contributed by atoms with van der Waals surface area (Å²) in [6, 6.07) is 16.2. The summed E-state index contributed by atoms with van der Waals surface area (Å²) in [7, 11) is 1.41. The van der Waals surface area contributed by atoms with Gasteiger partial charge in [-0.2, -0.15) is 0 Å². The van der Waals surface area contributed by atoms with Crippen molar-refractivity contribution in [1.82, 2.24) is 0 Å². The van der Waals surface area contributed by atoms with Crippen molar-refractivity contribution in [3.8, 4) is 0 Å². The van der Waals surface area contributed by atoms with Gasteiger partial charge in [-0.15, -0.1) is 0 Å². The molecule has 2 aromatic rings. The third kappa shape index (κ3) is 2.30. The van der Waals surface area contributed by atoms with Crippen molar-refractivity contribution in [3.05, 3.63) is 65.2 Å². The lowest BCUT2D eigenvalue weighted by atomic mass is 9.80. The lowest BCUT2D eigenvalue weighted by molar-refractivity contribution is 0.0598. The van der Waals surface area contributed by atoms with E-state index >= 15 is 0 Å². The van der Waals surface area contributed by atoms with E-state index in [1.807, 2.05) is 30.3 Å². The first-order chi connectivity index (χ1) is 11.3. The Balaban J connectivity index is 1.82. The molecule has 2 aromatic carbocycles. The summed E-state index contributed by atoms with van der Waals surface area (Å²) in [5, 5.41) is 3.59. The number of methoxy groups -OCH3 is 1. The Morgan fingerprint density at radius 1 is 1.17 bits per heavy atom. The second kappa shape index (κ2) is 5.70. The summed E-state index contributed by atoms with van der Waals surface area (Å²) < 4.78 is 10.9. The van der Waals surface area contributed by atoms with Crippen LogP contribution in [0.4, 0.5) is 5.69 Å². The van der Waals surface area contributed by atoms with Crippen molar-refractivity contribution in [3.63, 3.8) is 0 Å². The van der Waals surface area contributed by atoms with Gasteiger partial charge in [-0.25, -0.2) is 4.79 Å². The van der Waals surface area contributed by atoms with Gasteiger partial charge in [0, 0.05) is 18.1 Å². The highest BCUT2D eigenvalue weighted by Crippen LogP contribution is 2.50. The van der Waals surface area contributed by atoms with E-state index in [2.05, 4.69) is 17.4 Å². The van der Waals surface area contributed by atoms with E-state index in [1.165, 1.54) is 12.7 Å². The van der Waals surface area contributed by atoms with Gasteiger partial charge in [-0.3, -0.25) is 0 Å². The van der Waals surface area contributed by atoms with Crippen LogP contribution in [0.15, 0.2) is 48.5 Å². The first kappa shape index (κ1) is 14.3. The largest absolute Gasteiger partial charge is 0.465 e. The van der Waals surface area contributed by atoms with E-state index in [4.69, 9.17) is 9.47 Å². The molecule has 0 unspecified atom stereocenters. The zero-order chi connectivity index (χ0) is 15.8. The van der Waals surface area contributed by atoms with Crippen LogP contribution < -0.4 is 5.32 Å². The predicted molar refractivity (Wildman–Crippen MR) is 87.4 cm³/mol. The molecule has 118 valence electrons. The smallest absolute Gasteiger partial charge is 0.339 e. The Labute approximate surface area is 135 Å². The summed E-state index contributed by atoms with van der Waals surface area (Å²) in [5.74, 6) is 0.0513. The second-order valence-electron chi connectivity index (χ2n) is 6.04. The quantitative estimate of drug-likeness (QED) is 0.859. The van der Waals surface area contributed by atoms with Crippen molar-refractivity contribution in [2.45, 2.75) is 18.6 Å². The number of para-hydroxylation sites is 1. The lowest BCUT2D eigenvalue weighted by Crippen LogP contribution is -2.30. The average molecular weight is 309 g/mol. The van der Waals surface area contributed by atoms with Crippen molar-refractivity contribution in [2.75, 3.05) is 19.0 Å². The highest BCUT2D eigenvalue weighted by atomic mass is 16.5. The summed E-state index contributed by atoms with van der Waals surface area (Å²) in [4.78, 5) is 12.1. The zero-order valence-corrected chi connectivity index (χ0v) is 13.0. The molecular weight excluding hydrogens is 290 g/mol. The molecule has 0 amide bonds. The maximum absolute atomic E-state index is 12.1. The third-order valence-corrected chi connectivity index (χ3v) is 4.83. The van der Waals surface area contributed by atoms with E-state index in [0.29, 0.717) is 11.5 Å². The molecule has 2 aliphatic heterocycles. The highest BCUT2D eigenvalue weighted by Gasteiger charge is 2.42. The van der Waals surface area contributed by atoms with Gasteiger partial charge in [-0.05, 0) is 18.1 Å². The molecule has 1 N–H and O–H groups in total. The van der Waals surface area contributed by atoms with Crippen molar-refractivity contribution in [1.29, 1.82) is 0 Å². The van der Waals surface area contributed by atoms with Crippen LogP contribution in [-0.4, -0.2) is 19.7 Å². The van der Waals surface area contributed by atoms with Crippen LogP contribution >= 0.6 is 0 Å². The minimum atomic E-state index is -0.322. The summed E-state index contributed by atoms with van der Waals surface area (Å²) in [5.41, 5.74) is 3.69. The molecule has 0 radical (unpaired) electrons. The molecular formula is C19H19NO3. The van der Waals surface area contributed by atoms with E-state index in [0.717, 1.165) is 24.3 Å². The number of hydrogen-bond donors (Lipinski definition) is 1. The lowest BCUT2D eigenvalue weighted by Gasteiger charge is -2.37. The molecule has 0 aromatic heterocycles. The molecule has 23 heavy (non-hydrogen) atoms. The minimum absolute atomic E-state index is 0.0288. The topological polar surface area (TPSA) is 47.6 Å². The number of carbonyl (C=O) groups is 1. The van der Waals surface area contributed by atoms with Crippen molar-refractivity contribution >= 4 is 11.7 Å². The Bertz CT molecular complexity index is 729. The van der Waals surface area contributed by atoms with Crippen molar-refractivity contribution < 1.29 is 14.3 Å². The van der Waals surface area contributed by atoms with E-state index in [-0.39, 0.29) is 18.1 Å². The van der Waals surface area contributed by atoms with Gasteiger partial charge in [0.2, 0.25) is 0 Å². The molecule has 0 spiro atoms. The Morgan fingerprint density at radius 3 is 2.78 bits per heavy atom. The van der Waals surface area contributed by atoms with E-state index < -0.39 is 0 Å². The number of hydrogen-bond acceptors (Lipinski definition) is 4. The van der Waals surface area contributed by atoms with Crippen LogP contribution in [0.25, 0.3) is 0 Å². The molecule has 4 heteroatoms. The van der Waals surface area contributed by atoms with Crippen LogP contribution in [0.1, 0.15) is 40.1 Å². The fourth-order valence-corrected chi connectivity index (χ4v) is 3.77. The Morgan fingerprint density at radius 2 is 2.00 bits per heavy atom. The fraction of sp³-hybridized carbons (Fsp3) is 0.316. The average Bonchev–Trinajstić information content (AvgIpc) is 3.10. The SMILES string of the molecule is COC(=O)c1cccc2c1N[C@@H](c1ccccc1)[C@H]1CCO[C@@H]21. The van der Waals surface area contributed by atoms with Gasteiger partial charge >= 0.3 is 5.97 Å². The zero-order valence-electron chi connectivity index (χ0n) is 13.0. The second-order valence-corrected chi connectivity index (χ2v) is 6.04. The van der Waals surface area contributed by atoms with Gasteiger partial charge in [0.15, 0.2) is 0 Å². The molecule has 3 atom stereocenters. The summed E-state index contributed by atoms with van der Waals surface area (Å²) in [6.45, 7) is 0.752. The molecule has 0 aliphatic carbocycles. The van der Waals surface area contributed by atoms with E-state index in [9.17, 15) is 4.79 Å². The molecule has 2 aliphatic rings.